The minimum atomic E-state index is -4.40. The van der Waals surface area contributed by atoms with Crippen LogP contribution in [0, 0.1) is 6.92 Å². The van der Waals surface area contributed by atoms with Crippen molar-refractivity contribution in [2.45, 2.75) is 13.1 Å². The van der Waals surface area contributed by atoms with E-state index in [0.29, 0.717) is 11.3 Å². The second-order valence-electron chi connectivity index (χ2n) is 4.01. The molecule has 0 saturated heterocycles. The van der Waals surface area contributed by atoms with E-state index in [9.17, 15) is 18.0 Å². The van der Waals surface area contributed by atoms with Crippen LogP contribution in [0.4, 0.5) is 13.2 Å². The highest BCUT2D eigenvalue weighted by molar-refractivity contribution is 5.99. The average Bonchev–Trinajstić information content (AvgIpc) is 2.70. The van der Waals surface area contributed by atoms with Crippen molar-refractivity contribution in [2.75, 3.05) is 0 Å². The van der Waals surface area contributed by atoms with Gasteiger partial charge in [-0.15, -0.1) is 0 Å². The molecular weight excluding hydrogens is 259 g/mol. The number of aromatic amines is 1. The summed E-state index contributed by atoms with van der Waals surface area (Å²) in [5.74, 6) is -0.679. The number of aryl methyl sites for hydroxylation is 1. The molecule has 0 saturated carbocycles. The molecule has 0 aliphatic carbocycles. The van der Waals surface area contributed by atoms with Gasteiger partial charge in [0.25, 0.3) is 5.91 Å². The zero-order valence-electron chi connectivity index (χ0n) is 9.88. The maximum Gasteiger partial charge on any atom is 0.416 e. The van der Waals surface area contributed by atoms with Gasteiger partial charge in [-0.25, -0.2) is 0 Å². The lowest BCUT2D eigenvalue weighted by Crippen LogP contribution is -2.12. The van der Waals surface area contributed by atoms with Crippen LogP contribution in [0.5, 0.6) is 0 Å². The Morgan fingerprint density at radius 1 is 1.26 bits per heavy atom. The predicted octanol–water partition coefficient (Wildman–Crippen LogP) is 2.50. The number of halogens is 3. The fourth-order valence-electron chi connectivity index (χ4n) is 1.76. The number of nitrogens with zero attached hydrogens (tertiary/aromatic N) is 1. The molecule has 0 atom stereocenters. The molecule has 2 rings (SSSR count). The van der Waals surface area contributed by atoms with E-state index in [1.165, 1.54) is 12.1 Å². The van der Waals surface area contributed by atoms with Gasteiger partial charge < -0.3 is 5.73 Å². The first kappa shape index (κ1) is 13.1. The Hall–Kier alpha value is -2.31. The second-order valence-corrected chi connectivity index (χ2v) is 4.01. The SMILES string of the molecule is Cc1[nH]nc(-c2ccc(C(F)(F)F)cc2)c1C(N)=O. The van der Waals surface area contributed by atoms with Crippen molar-refractivity contribution in [2.24, 2.45) is 5.73 Å². The number of nitrogens with two attached hydrogens (primary N) is 1. The van der Waals surface area contributed by atoms with E-state index in [-0.39, 0.29) is 11.3 Å². The Kier molecular flexibility index (Phi) is 3.05. The van der Waals surface area contributed by atoms with Crippen molar-refractivity contribution < 1.29 is 18.0 Å². The molecule has 4 nitrogen and oxygen atoms in total. The fraction of sp³-hybridized carbons (Fsp3) is 0.167. The molecule has 0 spiro atoms. The summed E-state index contributed by atoms with van der Waals surface area (Å²) in [5, 5.41) is 6.48. The van der Waals surface area contributed by atoms with E-state index in [2.05, 4.69) is 10.2 Å². The molecule has 0 aliphatic heterocycles. The maximum absolute atomic E-state index is 12.4. The molecule has 1 amide bonds. The van der Waals surface area contributed by atoms with Crippen LogP contribution in [0.25, 0.3) is 11.3 Å². The summed E-state index contributed by atoms with van der Waals surface area (Å²) in [5.41, 5.74) is 5.76. The molecule has 3 N–H and O–H groups in total. The molecule has 7 heteroatoms. The first-order valence-corrected chi connectivity index (χ1v) is 5.33. The summed E-state index contributed by atoms with van der Waals surface area (Å²) >= 11 is 0. The summed E-state index contributed by atoms with van der Waals surface area (Å²) in [6.45, 7) is 1.61. The van der Waals surface area contributed by atoms with E-state index in [1.54, 1.807) is 6.92 Å². The number of rotatable bonds is 2. The van der Waals surface area contributed by atoms with Crippen molar-refractivity contribution in [3.63, 3.8) is 0 Å². The van der Waals surface area contributed by atoms with Gasteiger partial charge in [0.2, 0.25) is 0 Å². The highest BCUT2D eigenvalue weighted by atomic mass is 19.4. The summed E-state index contributed by atoms with van der Waals surface area (Å²) < 4.78 is 37.3. The molecule has 0 bridgehead atoms. The number of alkyl halides is 3. The fourth-order valence-corrected chi connectivity index (χ4v) is 1.76. The number of carbonyl (C=O) groups excluding carboxylic acids is 1. The second kappa shape index (κ2) is 4.42. The summed E-state index contributed by atoms with van der Waals surface area (Å²) in [4.78, 5) is 11.3. The maximum atomic E-state index is 12.4. The number of benzene rings is 1. The van der Waals surface area contributed by atoms with Gasteiger partial charge in [-0.2, -0.15) is 18.3 Å². The van der Waals surface area contributed by atoms with Crippen LogP contribution in [0.3, 0.4) is 0 Å². The zero-order chi connectivity index (χ0) is 14.2. The molecule has 0 radical (unpaired) electrons. The molecule has 2 aromatic rings. The van der Waals surface area contributed by atoms with E-state index < -0.39 is 17.6 Å². The molecule has 100 valence electrons. The Balaban J connectivity index is 2.46. The minimum Gasteiger partial charge on any atom is -0.365 e. The highest BCUT2D eigenvalue weighted by Crippen LogP contribution is 2.31. The number of hydrogen-bond donors (Lipinski definition) is 2. The predicted molar refractivity (Wildman–Crippen MR) is 62.3 cm³/mol. The largest absolute Gasteiger partial charge is 0.416 e. The van der Waals surface area contributed by atoms with Gasteiger partial charge >= 0.3 is 6.18 Å². The number of nitrogens with one attached hydrogen (secondary N) is 1. The average molecular weight is 269 g/mol. The Morgan fingerprint density at radius 2 is 1.84 bits per heavy atom. The van der Waals surface area contributed by atoms with Crippen LogP contribution in [-0.4, -0.2) is 16.1 Å². The lowest BCUT2D eigenvalue weighted by molar-refractivity contribution is -0.137. The molecule has 0 fully saturated rings. The van der Waals surface area contributed by atoms with Gasteiger partial charge in [0.15, 0.2) is 0 Å². The van der Waals surface area contributed by atoms with Gasteiger partial charge in [-0.3, -0.25) is 9.89 Å². The summed E-state index contributed by atoms with van der Waals surface area (Å²) in [7, 11) is 0. The van der Waals surface area contributed by atoms with Crippen molar-refractivity contribution in [3.05, 3.63) is 41.1 Å². The normalized spacial score (nSPS) is 11.6. The van der Waals surface area contributed by atoms with E-state index in [1.807, 2.05) is 0 Å². The molecule has 1 heterocycles. The molecule has 0 aliphatic rings. The van der Waals surface area contributed by atoms with Crippen LogP contribution in [0.2, 0.25) is 0 Å². The molecule has 0 unspecified atom stereocenters. The Labute approximate surface area is 106 Å². The van der Waals surface area contributed by atoms with Crippen molar-refractivity contribution in [1.29, 1.82) is 0 Å². The smallest absolute Gasteiger partial charge is 0.365 e. The van der Waals surface area contributed by atoms with Crippen LogP contribution < -0.4 is 5.73 Å². The van der Waals surface area contributed by atoms with Crippen molar-refractivity contribution in [1.82, 2.24) is 10.2 Å². The minimum absolute atomic E-state index is 0.180. The molecular formula is C12H10F3N3O. The summed E-state index contributed by atoms with van der Waals surface area (Å²) in [6, 6.07) is 4.38. The number of amides is 1. The van der Waals surface area contributed by atoms with Gasteiger partial charge in [0, 0.05) is 11.3 Å². The topological polar surface area (TPSA) is 71.8 Å². The van der Waals surface area contributed by atoms with E-state index in [4.69, 9.17) is 5.73 Å². The first-order valence-electron chi connectivity index (χ1n) is 5.33. The van der Waals surface area contributed by atoms with E-state index in [0.717, 1.165) is 12.1 Å². The number of hydrogen-bond acceptors (Lipinski definition) is 2. The van der Waals surface area contributed by atoms with Crippen LogP contribution in [0.1, 0.15) is 21.6 Å². The van der Waals surface area contributed by atoms with Crippen LogP contribution in [0.15, 0.2) is 24.3 Å². The highest BCUT2D eigenvalue weighted by Gasteiger charge is 2.30. The molecule has 1 aromatic carbocycles. The van der Waals surface area contributed by atoms with Gasteiger partial charge in [0.1, 0.15) is 5.69 Å². The molecule has 1 aromatic heterocycles. The van der Waals surface area contributed by atoms with Crippen LogP contribution in [-0.2, 0) is 6.18 Å². The quantitative estimate of drug-likeness (QED) is 0.879. The molecule has 19 heavy (non-hydrogen) atoms. The van der Waals surface area contributed by atoms with Crippen molar-refractivity contribution >= 4 is 5.91 Å². The third kappa shape index (κ3) is 2.44. The number of carbonyl (C=O) groups is 1. The number of primary amides is 1. The van der Waals surface area contributed by atoms with Crippen LogP contribution >= 0.6 is 0 Å². The Bertz CT molecular complexity index is 614. The first-order chi connectivity index (χ1) is 8.80. The zero-order valence-corrected chi connectivity index (χ0v) is 9.88. The number of aromatic nitrogens is 2. The lowest BCUT2D eigenvalue weighted by atomic mass is 10.0. The third-order valence-electron chi connectivity index (χ3n) is 2.68. The third-order valence-corrected chi connectivity index (χ3v) is 2.68. The van der Waals surface area contributed by atoms with Gasteiger partial charge in [0.05, 0.1) is 11.1 Å². The van der Waals surface area contributed by atoms with Crippen molar-refractivity contribution in [3.8, 4) is 11.3 Å². The Morgan fingerprint density at radius 3 is 2.32 bits per heavy atom. The number of H-pyrrole nitrogens is 1. The lowest BCUT2D eigenvalue weighted by Gasteiger charge is -2.07. The van der Waals surface area contributed by atoms with E-state index >= 15 is 0 Å². The summed E-state index contributed by atoms with van der Waals surface area (Å²) in [6.07, 6.45) is -4.40. The standard InChI is InChI=1S/C12H10F3N3O/c1-6-9(11(16)19)10(18-17-6)7-2-4-8(5-3-7)12(13,14)15/h2-5H,1H3,(H2,16,19)(H,17,18). The van der Waals surface area contributed by atoms with Gasteiger partial charge in [-0.05, 0) is 19.1 Å². The van der Waals surface area contributed by atoms with Gasteiger partial charge in [-0.1, -0.05) is 12.1 Å². The monoisotopic (exact) mass is 269 g/mol.